The molecule has 1 radical (unpaired) electrons. The lowest BCUT2D eigenvalue weighted by atomic mass is 9.67. The molecule has 2 atom stereocenters. The summed E-state index contributed by atoms with van der Waals surface area (Å²) in [6.45, 7) is 19.0. The smallest absolute Gasteiger partial charge is 0.293 e. The van der Waals surface area contributed by atoms with Crippen molar-refractivity contribution in [1.82, 2.24) is 10.2 Å². The molecule has 2 aliphatic rings. The summed E-state index contributed by atoms with van der Waals surface area (Å²) in [6, 6.07) is 9.62. The lowest BCUT2D eigenvalue weighted by molar-refractivity contribution is -0.137. The molecule has 0 aromatic heterocycles. The van der Waals surface area contributed by atoms with Gasteiger partial charge in [-0.1, -0.05) is 56.8 Å². The highest BCUT2D eigenvalue weighted by atomic mass is 32.1. The highest BCUT2D eigenvalue weighted by molar-refractivity contribution is 7.81. The summed E-state index contributed by atoms with van der Waals surface area (Å²) in [6.07, 6.45) is 11.1. The number of unbranched alkanes of at least 4 members (excludes halogenated alkanes) is 1. The molecule has 1 heterocycles. The van der Waals surface area contributed by atoms with E-state index in [0.717, 1.165) is 51.5 Å². The average molecular weight is 556 g/mol. The van der Waals surface area contributed by atoms with E-state index in [4.69, 9.17) is 17.3 Å². The number of rotatable bonds is 11. The second kappa shape index (κ2) is 13.3. The molecule has 1 saturated heterocycles. The molecule has 1 fully saturated rings. The number of amides is 1. The first-order valence-corrected chi connectivity index (χ1v) is 16.0. The molecule has 0 bridgehead atoms. The fraction of sp³-hybridized carbons (Fsp3) is 0.788. The monoisotopic (exact) mass is 555 g/mol. The van der Waals surface area contributed by atoms with Crippen molar-refractivity contribution in [3.63, 3.8) is 0 Å². The van der Waals surface area contributed by atoms with Crippen LogP contribution in [0.25, 0.3) is 0 Å². The van der Waals surface area contributed by atoms with E-state index in [1.165, 1.54) is 25.7 Å². The molecule has 0 spiro atoms. The highest BCUT2D eigenvalue weighted by Gasteiger charge is 2.44. The normalized spacial score (nSPS) is 21.5. The van der Waals surface area contributed by atoms with E-state index >= 15 is 0 Å². The van der Waals surface area contributed by atoms with Gasteiger partial charge in [-0.15, -0.1) is 0 Å². The number of piperidine rings is 1. The van der Waals surface area contributed by atoms with Crippen LogP contribution in [0.2, 0.25) is 6.32 Å². The van der Waals surface area contributed by atoms with Crippen molar-refractivity contribution in [1.29, 1.82) is 0 Å². The van der Waals surface area contributed by atoms with E-state index in [9.17, 15) is 4.79 Å². The molecule has 1 aromatic rings. The Hall–Kier alpha value is -0.975. The number of thiol groups is 1. The third kappa shape index (κ3) is 8.76. The van der Waals surface area contributed by atoms with Gasteiger partial charge in [0.1, 0.15) is 0 Å². The fourth-order valence-corrected chi connectivity index (χ4v) is 6.29. The summed E-state index contributed by atoms with van der Waals surface area (Å²) in [5, 5.41) is 3.35. The lowest BCUT2D eigenvalue weighted by Gasteiger charge is -2.45. The third-order valence-corrected chi connectivity index (χ3v) is 10.1. The van der Waals surface area contributed by atoms with Crippen LogP contribution in [0.3, 0.4) is 0 Å². The second-order valence-corrected chi connectivity index (χ2v) is 15.6. The lowest BCUT2D eigenvalue weighted by Crippen LogP contribution is -2.53. The predicted molar refractivity (Wildman–Crippen MR) is 170 cm³/mol. The first-order valence-electron chi connectivity index (χ1n) is 15.5. The Kier molecular flexibility index (Phi) is 11.1. The Morgan fingerprint density at radius 3 is 2.31 bits per heavy atom. The maximum Gasteiger partial charge on any atom is 0.293 e. The molecule has 2 unspecified atom stereocenters. The number of fused-ring (bicyclic) bond motifs is 1. The van der Waals surface area contributed by atoms with Gasteiger partial charge in [-0.05, 0) is 117 Å². The molecule has 1 N–H and O–H groups in total. The van der Waals surface area contributed by atoms with E-state index in [0.29, 0.717) is 12.0 Å². The van der Waals surface area contributed by atoms with Crippen LogP contribution in [0.4, 0.5) is 0 Å². The summed E-state index contributed by atoms with van der Waals surface area (Å²) >= 11 is 4.70. The van der Waals surface area contributed by atoms with Crippen LogP contribution in [-0.2, 0) is 15.9 Å². The number of hydrogen-bond acceptors (Lipinski definition) is 4. The largest absolute Gasteiger partial charge is 0.434 e. The maximum atomic E-state index is 13.8. The van der Waals surface area contributed by atoms with Gasteiger partial charge in [0.05, 0.1) is 5.60 Å². The van der Waals surface area contributed by atoms with Crippen molar-refractivity contribution >= 4 is 26.0 Å². The molecular formula is C33H56BN2O2S. The highest BCUT2D eigenvalue weighted by Crippen LogP contribution is 2.43. The van der Waals surface area contributed by atoms with Gasteiger partial charge in [0, 0.05) is 21.7 Å². The number of hydrogen-bond donors (Lipinski definition) is 2. The summed E-state index contributed by atoms with van der Waals surface area (Å²) in [5.41, 5.74) is 2.18. The van der Waals surface area contributed by atoms with E-state index in [1.807, 2.05) is 7.48 Å². The summed E-state index contributed by atoms with van der Waals surface area (Å²) < 4.78 is 5.85. The Morgan fingerprint density at radius 1 is 1.00 bits per heavy atom. The van der Waals surface area contributed by atoms with E-state index in [1.54, 1.807) is 11.1 Å². The van der Waals surface area contributed by atoms with Crippen LogP contribution < -0.4 is 5.32 Å². The molecule has 0 saturated carbocycles. The number of likely N-dealkylation sites (tertiary alicyclic amines) is 1. The minimum Gasteiger partial charge on any atom is -0.434 e. The molecule has 1 aliphatic heterocycles. The van der Waals surface area contributed by atoms with Gasteiger partial charge >= 0.3 is 0 Å². The zero-order valence-corrected chi connectivity index (χ0v) is 27.1. The van der Waals surface area contributed by atoms with Crippen molar-refractivity contribution < 1.29 is 9.45 Å². The van der Waals surface area contributed by atoms with Gasteiger partial charge in [-0.2, -0.15) is 12.6 Å². The van der Waals surface area contributed by atoms with Crippen LogP contribution in [0.15, 0.2) is 24.3 Å². The Labute approximate surface area is 246 Å². The van der Waals surface area contributed by atoms with Gasteiger partial charge in [0.2, 0.25) is 5.91 Å². The number of aryl methyl sites for hydroxylation is 1. The minimum atomic E-state index is -0.353. The van der Waals surface area contributed by atoms with Gasteiger partial charge in [0.15, 0.2) is 0 Å². The van der Waals surface area contributed by atoms with Crippen molar-refractivity contribution in [3.05, 3.63) is 35.4 Å². The molecule has 39 heavy (non-hydrogen) atoms. The SMILES string of the molecule is CC(C)(C)NC(=O)C(C)(CCCC[B]OC(C)(C)C(C)(C)S)C1CCN(C2CCCCc3ccccc32)CC1. The van der Waals surface area contributed by atoms with Crippen molar-refractivity contribution in [2.24, 2.45) is 11.3 Å². The number of nitrogens with one attached hydrogen (secondary N) is 1. The van der Waals surface area contributed by atoms with Gasteiger partial charge in [-0.3, -0.25) is 9.69 Å². The summed E-state index contributed by atoms with van der Waals surface area (Å²) in [4.78, 5) is 16.5. The van der Waals surface area contributed by atoms with Crippen LogP contribution in [0.1, 0.15) is 124 Å². The van der Waals surface area contributed by atoms with Crippen molar-refractivity contribution in [2.45, 2.75) is 141 Å². The minimum absolute atomic E-state index is 0.221. The van der Waals surface area contributed by atoms with Gasteiger partial charge in [0.25, 0.3) is 7.48 Å². The first kappa shape index (κ1) is 32.5. The standard InChI is InChI=1S/C33H56BN2O2S/c1-30(2,3)35-29(37)33(8,21-13-14-22-34-38-31(4,5)32(6,7)39)26-19-23-36(24-20-26)28-18-12-10-16-25-15-9-11-17-27(25)28/h9,11,15,17,26,28,39H,10,12-14,16,18-24H2,1-8H3,(H,35,37). The Morgan fingerprint density at radius 2 is 1.67 bits per heavy atom. The average Bonchev–Trinajstić information content (AvgIpc) is 3.07. The van der Waals surface area contributed by atoms with E-state index in [2.05, 4.69) is 89.9 Å². The summed E-state index contributed by atoms with van der Waals surface area (Å²) in [5.74, 6) is 0.632. The molecule has 3 rings (SSSR count). The van der Waals surface area contributed by atoms with Crippen LogP contribution in [0, 0.1) is 11.3 Å². The molecule has 1 aliphatic carbocycles. The van der Waals surface area contributed by atoms with Crippen molar-refractivity contribution in [3.8, 4) is 0 Å². The Bertz CT molecular complexity index is 930. The zero-order valence-electron chi connectivity index (χ0n) is 26.2. The van der Waals surface area contributed by atoms with Crippen LogP contribution in [0.5, 0.6) is 0 Å². The molecule has 4 nitrogen and oxygen atoms in total. The van der Waals surface area contributed by atoms with Gasteiger partial charge < -0.3 is 9.97 Å². The molecule has 6 heteroatoms. The molecular weight excluding hydrogens is 499 g/mol. The molecule has 1 aromatic carbocycles. The van der Waals surface area contributed by atoms with E-state index in [-0.39, 0.29) is 27.2 Å². The van der Waals surface area contributed by atoms with Crippen LogP contribution >= 0.6 is 12.6 Å². The Balaban J connectivity index is 1.61. The van der Waals surface area contributed by atoms with Crippen molar-refractivity contribution in [2.75, 3.05) is 13.1 Å². The maximum absolute atomic E-state index is 13.8. The molecule has 1 amide bonds. The predicted octanol–water partition coefficient (Wildman–Crippen LogP) is 7.80. The number of nitrogens with zero attached hydrogens (tertiary/aromatic N) is 1. The van der Waals surface area contributed by atoms with Gasteiger partial charge in [-0.25, -0.2) is 0 Å². The second-order valence-electron chi connectivity index (χ2n) is 14.5. The first-order chi connectivity index (χ1) is 18.1. The number of benzene rings is 1. The zero-order chi connectivity index (χ0) is 28.9. The third-order valence-electron chi connectivity index (χ3n) is 9.59. The fourth-order valence-electron chi connectivity index (χ4n) is 6.24. The summed E-state index contributed by atoms with van der Waals surface area (Å²) in [7, 11) is 1.95. The molecule has 219 valence electrons. The quantitative estimate of drug-likeness (QED) is 0.127. The van der Waals surface area contributed by atoms with E-state index < -0.39 is 0 Å². The number of carbonyl (C=O) groups is 1. The van der Waals surface area contributed by atoms with Crippen LogP contribution in [-0.4, -0.2) is 47.3 Å². The topological polar surface area (TPSA) is 41.6 Å². The number of carbonyl (C=O) groups excluding carboxylic acids is 1.